The number of aliphatic hydroxyl groups is 2. The number of nitrogens with one attached hydrogen (secondary N) is 1. The Kier molecular flexibility index (Phi) is 10.1. The van der Waals surface area contributed by atoms with Crippen molar-refractivity contribution in [3.63, 3.8) is 0 Å². The van der Waals surface area contributed by atoms with Crippen molar-refractivity contribution in [1.29, 1.82) is 0 Å². The molecule has 2 rings (SSSR count). The van der Waals surface area contributed by atoms with Crippen LogP contribution in [0.25, 0.3) is 0 Å². The van der Waals surface area contributed by atoms with Gasteiger partial charge in [0.2, 0.25) is 0 Å². The minimum Gasteiger partial charge on any atom is -0.413 e. The molecule has 0 unspecified atom stereocenters. The highest BCUT2D eigenvalue weighted by molar-refractivity contribution is 7.99. The van der Waals surface area contributed by atoms with Crippen molar-refractivity contribution >= 4 is 26.0 Å². The zero-order valence-corrected chi connectivity index (χ0v) is 22.2. The Bertz CT molecular complexity index is 775. The summed E-state index contributed by atoms with van der Waals surface area (Å²) < 4.78 is 51.3. The summed E-state index contributed by atoms with van der Waals surface area (Å²) in [5, 5.41) is 23.3. The molecule has 11 heteroatoms. The molecular weight excluding hydrogens is 487 g/mol. The van der Waals surface area contributed by atoms with E-state index in [1.54, 1.807) is 35.6 Å². The molecule has 3 N–H and O–H groups in total. The molecule has 0 aliphatic carbocycles. The second-order valence-corrected chi connectivity index (χ2v) is 16.2. The minimum atomic E-state index is -5.14. The van der Waals surface area contributed by atoms with E-state index in [0.717, 1.165) is 11.8 Å². The number of carbonyl (C=O) groups is 1. The second-order valence-electron chi connectivity index (χ2n) is 9.58. The molecule has 1 amide bonds. The first-order valence-corrected chi connectivity index (χ1v) is 14.5. The highest BCUT2D eigenvalue weighted by atomic mass is 32.2. The lowest BCUT2D eigenvalue weighted by molar-refractivity contribution is -0.189. The van der Waals surface area contributed by atoms with Crippen LogP contribution in [0.3, 0.4) is 0 Å². The Balaban J connectivity index is 2.30. The third-order valence-electron chi connectivity index (χ3n) is 6.46. The number of thioether (sulfide) groups is 1. The standard InChI is InChI=1S/C23H36F3NO5SSi/c1-13(2)34(14(3)4,15(5)6)31-12-17-19(28)20(29)18(27-22(30)23(24,25)26)21(32-17)33-16-10-8-7-9-11-16/h7-11,13-15,17-21,28-29H,12H2,1-6H3,(H,27,30)/t17-,18-,19-,20-,21+/m1/s1. The van der Waals surface area contributed by atoms with Crippen LogP contribution in [0.2, 0.25) is 16.6 Å². The van der Waals surface area contributed by atoms with E-state index in [-0.39, 0.29) is 23.2 Å². The molecule has 0 bridgehead atoms. The van der Waals surface area contributed by atoms with Gasteiger partial charge in [-0.15, -0.1) is 0 Å². The Morgan fingerprint density at radius 3 is 2.06 bits per heavy atom. The van der Waals surface area contributed by atoms with Gasteiger partial charge in [-0.2, -0.15) is 13.2 Å². The molecular formula is C23H36F3NO5SSi. The Morgan fingerprint density at radius 1 is 1.06 bits per heavy atom. The molecule has 0 saturated carbocycles. The molecule has 1 aliphatic heterocycles. The molecule has 194 valence electrons. The van der Waals surface area contributed by atoms with Crippen molar-refractivity contribution < 1.29 is 37.3 Å². The molecule has 5 atom stereocenters. The van der Waals surface area contributed by atoms with Crippen LogP contribution in [0.5, 0.6) is 0 Å². The highest BCUT2D eigenvalue weighted by Gasteiger charge is 2.51. The van der Waals surface area contributed by atoms with Crippen LogP contribution in [-0.4, -0.2) is 67.0 Å². The average molecular weight is 524 g/mol. The van der Waals surface area contributed by atoms with Gasteiger partial charge in [-0.05, 0) is 28.8 Å². The van der Waals surface area contributed by atoms with Gasteiger partial charge in [0.05, 0.1) is 12.6 Å². The van der Waals surface area contributed by atoms with Crippen molar-refractivity contribution in [3.05, 3.63) is 30.3 Å². The molecule has 1 fully saturated rings. The summed E-state index contributed by atoms with van der Waals surface area (Å²) in [5.41, 5.74) is -0.265. The zero-order valence-electron chi connectivity index (χ0n) is 20.4. The summed E-state index contributed by atoms with van der Waals surface area (Å²) >= 11 is 1.07. The van der Waals surface area contributed by atoms with Gasteiger partial charge in [-0.3, -0.25) is 4.79 Å². The first-order chi connectivity index (χ1) is 15.7. The molecule has 0 spiro atoms. The number of benzene rings is 1. The van der Waals surface area contributed by atoms with E-state index in [1.807, 2.05) is 0 Å². The van der Waals surface area contributed by atoms with E-state index in [9.17, 15) is 28.2 Å². The number of hydrogen-bond acceptors (Lipinski definition) is 6. The van der Waals surface area contributed by atoms with Crippen LogP contribution in [0.4, 0.5) is 13.2 Å². The number of carbonyl (C=O) groups excluding carboxylic acids is 1. The number of alkyl halides is 3. The van der Waals surface area contributed by atoms with Crippen LogP contribution in [-0.2, 0) is 14.0 Å². The lowest BCUT2D eigenvalue weighted by Crippen LogP contribution is -2.65. The SMILES string of the molecule is CC(C)[Si](OC[C@H]1O[C@@H](Sc2ccccc2)[C@H](NC(=O)C(F)(F)F)[C@@H](O)[C@@H]1O)(C(C)C)C(C)C. The third kappa shape index (κ3) is 6.55. The van der Waals surface area contributed by atoms with Crippen molar-refractivity contribution in [2.75, 3.05) is 6.61 Å². The maximum absolute atomic E-state index is 12.9. The summed E-state index contributed by atoms with van der Waals surface area (Å²) in [7, 11) is -2.33. The number of ether oxygens (including phenoxy) is 1. The molecule has 6 nitrogen and oxygen atoms in total. The largest absolute Gasteiger partial charge is 0.471 e. The van der Waals surface area contributed by atoms with Crippen molar-refractivity contribution in [2.24, 2.45) is 0 Å². The normalized spacial score (nSPS) is 26.4. The predicted octanol–water partition coefficient (Wildman–Crippen LogP) is 4.46. The smallest absolute Gasteiger partial charge is 0.413 e. The number of amides is 1. The Labute approximate surface area is 204 Å². The fraction of sp³-hybridized carbons (Fsp3) is 0.696. The lowest BCUT2D eigenvalue weighted by Gasteiger charge is -2.46. The molecule has 1 aliphatic rings. The molecule has 1 heterocycles. The molecule has 34 heavy (non-hydrogen) atoms. The predicted molar refractivity (Wildman–Crippen MR) is 128 cm³/mol. The molecule has 0 radical (unpaired) electrons. The quantitative estimate of drug-likeness (QED) is 0.414. The van der Waals surface area contributed by atoms with Gasteiger partial charge < -0.3 is 24.7 Å². The number of halogens is 3. The minimum absolute atomic E-state index is 0.00915. The van der Waals surface area contributed by atoms with E-state index in [2.05, 4.69) is 41.5 Å². The van der Waals surface area contributed by atoms with Gasteiger partial charge in [-0.1, -0.05) is 71.5 Å². The summed E-state index contributed by atoms with van der Waals surface area (Å²) in [6.07, 6.45) is -9.32. The van der Waals surface area contributed by atoms with Crippen LogP contribution in [0.1, 0.15) is 41.5 Å². The van der Waals surface area contributed by atoms with E-state index >= 15 is 0 Å². The van der Waals surface area contributed by atoms with Gasteiger partial charge >= 0.3 is 12.1 Å². The molecule has 1 aromatic carbocycles. The van der Waals surface area contributed by atoms with Gasteiger partial charge in [0.15, 0.2) is 8.32 Å². The third-order valence-corrected chi connectivity index (χ3v) is 13.7. The average Bonchev–Trinajstić information content (AvgIpc) is 2.73. The maximum atomic E-state index is 12.9. The summed E-state index contributed by atoms with van der Waals surface area (Å²) in [5.74, 6) is -2.20. The summed E-state index contributed by atoms with van der Waals surface area (Å²) in [6, 6.07) is 7.31. The molecule has 0 aromatic heterocycles. The van der Waals surface area contributed by atoms with Crippen molar-refractivity contribution in [1.82, 2.24) is 5.32 Å². The van der Waals surface area contributed by atoms with E-state index in [4.69, 9.17) is 9.16 Å². The van der Waals surface area contributed by atoms with Gasteiger partial charge in [0.1, 0.15) is 23.7 Å². The van der Waals surface area contributed by atoms with Gasteiger partial charge in [0.25, 0.3) is 0 Å². The van der Waals surface area contributed by atoms with Gasteiger partial charge in [0, 0.05) is 4.90 Å². The first-order valence-electron chi connectivity index (χ1n) is 11.5. The van der Waals surface area contributed by atoms with E-state index < -0.39 is 50.2 Å². The second kappa shape index (κ2) is 11.7. The van der Waals surface area contributed by atoms with Crippen LogP contribution in [0, 0.1) is 0 Å². The summed E-state index contributed by atoms with van der Waals surface area (Å²) in [6.45, 7) is 12.6. The molecule has 1 aromatic rings. The van der Waals surface area contributed by atoms with Crippen LogP contribution < -0.4 is 5.32 Å². The van der Waals surface area contributed by atoms with Crippen LogP contribution in [0.15, 0.2) is 35.2 Å². The monoisotopic (exact) mass is 523 g/mol. The zero-order chi connectivity index (χ0) is 25.8. The number of hydrogen-bond donors (Lipinski definition) is 3. The van der Waals surface area contributed by atoms with Crippen molar-refractivity contribution in [3.8, 4) is 0 Å². The highest BCUT2D eigenvalue weighted by Crippen LogP contribution is 2.43. The van der Waals surface area contributed by atoms with E-state index in [0.29, 0.717) is 4.90 Å². The molecule has 1 saturated heterocycles. The number of rotatable bonds is 9. The lowest BCUT2D eigenvalue weighted by atomic mass is 9.98. The Hall–Kier alpha value is -1.11. The fourth-order valence-corrected chi connectivity index (χ4v) is 11.5. The van der Waals surface area contributed by atoms with Crippen molar-refractivity contribution in [2.45, 2.75) is 99.0 Å². The Morgan fingerprint density at radius 2 is 1.59 bits per heavy atom. The van der Waals surface area contributed by atoms with Crippen LogP contribution >= 0.6 is 11.8 Å². The fourth-order valence-electron chi connectivity index (χ4n) is 4.92. The van der Waals surface area contributed by atoms with Gasteiger partial charge in [-0.25, -0.2) is 0 Å². The first kappa shape index (κ1) is 29.1. The maximum Gasteiger partial charge on any atom is 0.471 e. The van der Waals surface area contributed by atoms with E-state index in [1.165, 1.54) is 0 Å². The summed E-state index contributed by atoms with van der Waals surface area (Å²) in [4.78, 5) is 12.3. The number of aliphatic hydroxyl groups excluding tert-OH is 2. The topological polar surface area (TPSA) is 88.0 Å².